The summed E-state index contributed by atoms with van der Waals surface area (Å²) >= 11 is 1.38. The van der Waals surface area contributed by atoms with Crippen LogP contribution in [0.3, 0.4) is 0 Å². The predicted octanol–water partition coefficient (Wildman–Crippen LogP) is 3.86. The topological polar surface area (TPSA) is 66.5 Å². The van der Waals surface area contributed by atoms with Gasteiger partial charge in [-0.1, -0.05) is 17.7 Å². The van der Waals surface area contributed by atoms with Crippen LogP contribution in [-0.4, -0.2) is 27.6 Å². The molecular formula is C18H18N2O3S2. The minimum Gasteiger partial charge on any atom is -0.321 e. The number of aryl methyl sites for hydroxylation is 1. The summed E-state index contributed by atoms with van der Waals surface area (Å²) in [5, 5.41) is 3.71. The van der Waals surface area contributed by atoms with Crippen molar-refractivity contribution >= 4 is 48.7 Å². The van der Waals surface area contributed by atoms with Gasteiger partial charge >= 0.3 is 0 Å². The molecule has 3 aromatic rings. The van der Waals surface area contributed by atoms with E-state index in [2.05, 4.69) is 5.32 Å². The second-order valence-electron chi connectivity index (χ2n) is 5.88. The quantitative estimate of drug-likeness (QED) is 0.754. The lowest BCUT2D eigenvalue weighted by molar-refractivity contribution is 0.103. The van der Waals surface area contributed by atoms with E-state index in [1.54, 1.807) is 18.2 Å². The zero-order valence-corrected chi connectivity index (χ0v) is 15.7. The van der Waals surface area contributed by atoms with Gasteiger partial charge in [0.15, 0.2) is 0 Å². The van der Waals surface area contributed by atoms with Gasteiger partial charge in [0.25, 0.3) is 5.91 Å². The maximum Gasteiger partial charge on any atom is 0.265 e. The van der Waals surface area contributed by atoms with Gasteiger partial charge in [0, 0.05) is 17.4 Å². The Hall–Kier alpha value is -2.38. The first kappa shape index (κ1) is 17.4. The van der Waals surface area contributed by atoms with Crippen molar-refractivity contribution in [3.8, 4) is 0 Å². The van der Waals surface area contributed by atoms with Crippen LogP contribution >= 0.6 is 11.3 Å². The highest BCUT2D eigenvalue weighted by atomic mass is 32.2. The molecule has 2 aromatic carbocycles. The van der Waals surface area contributed by atoms with Gasteiger partial charge in [-0.05, 0) is 48.7 Å². The van der Waals surface area contributed by atoms with Crippen LogP contribution in [0.25, 0.3) is 10.1 Å². The molecule has 130 valence electrons. The fourth-order valence-electron chi connectivity index (χ4n) is 2.36. The largest absolute Gasteiger partial charge is 0.321 e. The van der Waals surface area contributed by atoms with E-state index >= 15 is 0 Å². The van der Waals surface area contributed by atoms with E-state index in [9.17, 15) is 13.2 Å². The van der Waals surface area contributed by atoms with E-state index < -0.39 is 10.0 Å². The van der Waals surface area contributed by atoms with Gasteiger partial charge < -0.3 is 5.32 Å². The Bertz CT molecular complexity index is 1040. The summed E-state index contributed by atoms with van der Waals surface area (Å²) < 4.78 is 25.5. The number of carbonyl (C=O) groups excluding carboxylic acids is 1. The fraction of sp³-hybridized carbons (Fsp3) is 0.167. The molecule has 0 saturated heterocycles. The van der Waals surface area contributed by atoms with Crippen LogP contribution in [0.1, 0.15) is 15.2 Å². The Morgan fingerprint density at radius 3 is 2.40 bits per heavy atom. The SMILES string of the molecule is Cc1ccc(NC(=O)c2cc3cc(N(C)S(C)(=O)=O)ccc3s2)cc1. The molecule has 0 atom stereocenters. The van der Waals surface area contributed by atoms with Crippen LogP contribution in [0.4, 0.5) is 11.4 Å². The van der Waals surface area contributed by atoms with Gasteiger partial charge in [0.1, 0.15) is 0 Å². The third-order valence-electron chi connectivity index (χ3n) is 3.89. The summed E-state index contributed by atoms with van der Waals surface area (Å²) in [7, 11) is -1.81. The molecule has 1 heterocycles. The summed E-state index contributed by atoms with van der Waals surface area (Å²) in [6.45, 7) is 1.99. The van der Waals surface area contributed by atoms with Gasteiger partial charge in [0.05, 0.1) is 16.8 Å². The molecule has 1 aromatic heterocycles. The number of benzene rings is 2. The third-order valence-corrected chi connectivity index (χ3v) is 6.21. The monoisotopic (exact) mass is 374 g/mol. The second kappa shape index (κ2) is 6.50. The maximum atomic E-state index is 12.4. The minimum absolute atomic E-state index is 0.178. The van der Waals surface area contributed by atoms with Crippen molar-refractivity contribution in [2.45, 2.75) is 6.92 Å². The van der Waals surface area contributed by atoms with Gasteiger partial charge in [-0.2, -0.15) is 0 Å². The van der Waals surface area contributed by atoms with Crippen molar-refractivity contribution in [1.29, 1.82) is 0 Å². The molecule has 0 aliphatic carbocycles. The van der Waals surface area contributed by atoms with E-state index in [4.69, 9.17) is 0 Å². The maximum absolute atomic E-state index is 12.4. The lowest BCUT2D eigenvalue weighted by Gasteiger charge is -2.16. The number of fused-ring (bicyclic) bond motifs is 1. The Morgan fingerprint density at radius 2 is 1.76 bits per heavy atom. The number of nitrogens with one attached hydrogen (secondary N) is 1. The van der Waals surface area contributed by atoms with Crippen LogP contribution in [-0.2, 0) is 10.0 Å². The van der Waals surface area contributed by atoms with Gasteiger partial charge in [-0.3, -0.25) is 9.10 Å². The van der Waals surface area contributed by atoms with Gasteiger partial charge in [-0.25, -0.2) is 8.42 Å². The van der Waals surface area contributed by atoms with Crippen molar-refractivity contribution in [1.82, 2.24) is 0 Å². The van der Waals surface area contributed by atoms with E-state index in [1.807, 2.05) is 37.3 Å². The Labute approximate surface area is 151 Å². The fourth-order valence-corrected chi connectivity index (χ4v) is 3.79. The number of rotatable bonds is 4. The van der Waals surface area contributed by atoms with Crippen molar-refractivity contribution in [3.63, 3.8) is 0 Å². The first-order valence-corrected chi connectivity index (χ1v) is 10.3. The lowest BCUT2D eigenvalue weighted by Crippen LogP contribution is -2.24. The summed E-state index contributed by atoms with van der Waals surface area (Å²) in [5.74, 6) is -0.178. The number of thiophene rings is 1. The normalized spacial score (nSPS) is 11.5. The second-order valence-corrected chi connectivity index (χ2v) is 8.98. The van der Waals surface area contributed by atoms with Crippen LogP contribution in [0.5, 0.6) is 0 Å². The number of hydrogen-bond acceptors (Lipinski definition) is 4. The summed E-state index contributed by atoms with van der Waals surface area (Å²) in [4.78, 5) is 13.0. The lowest BCUT2D eigenvalue weighted by atomic mass is 10.2. The summed E-state index contributed by atoms with van der Waals surface area (Å²) in [6, 6.07) is 14.7. The molecule has 7 heteroatoms. The minimum atomic E-state index is -3.32. The highest BCUT2D eigenvalue weighted by molar-refractivity contribution is 7.92. The molecule has 0 aliphatic heterocycles. The standard InChI is InChI=1S/C18H18N2O3S2/c1-12-4-6-14(7-5-12)19-18(21)17-11-13-10-15(8-9-16(13)24-17)20(2)25(3,22)23/h4-11H,1-3H3,(H,19,21). The number of amides is 1. The zero-order chi connectivity index (χ0) is 18.2. The van der Waals surface area contributed by atoms with Crippen LogP contribution in [0, 0.1) is 6.92 Å². The molecule has 0 saturated carbocycles. The molecule has 0 bridgehead atoms. The van der Waals surface area contributed by atoms with Crippen molar-refractivity contribution in [3.05, 3.63) is 59.0 Å². The first-order chi connectivity index (χ1) is 11.7. The number of sulfonamides is 1. The smallest absolute Gasteiger partial charge is 0.265 e. The number of nitrogens with zero attached hydrogens (tertiary/aromatic N) is 1. The average molecular weight is 374 g/mol. The number of carbonyl (C=O) groups is 1. The molecule has 25 heavy (non-hydrogen) atoms. The van der Waals surface area contributed by atoms with Gasteiger partial charge in [0.2, 0.25) is 10.0 Å². The molecule has 5 nitrogen and oxygen atoms in total. The Balaban J connectivity index is 1.88. The number of hydrogen-bond donors (Lipinski definition) is 1. The summed E-state index contributed by atoms with van der Waals surface area (Å²) in [6.07, 6.45) is 1.16. The number of anilines is 2. The molecule has 0 fully saturated rings. The van der Waals surface area contributed by atoms with E-state index in [0.29, 0.717) is 10.6 Å². The highest BCUT2D eigenvalue weighted by Crippen LogP contribution is 2.30. The molecule has 0 spiro atoms. The molecule has 0 unspecified atom stereocenters. The van der Waals surface area contributed by atoms with Crippen LogP contribution in [0.2, 0.25) is 0 Å². The molecular weight excluding hydrogens is 356 g/mol. The predicted molar refractivity (Wildman–Crippen MR) is 104 cm³/mol. The van der Waals surface area contributed by atoms with Gasteiger partial charge in [-0.15, -0.1) is 11.3 Å². The third kappa shape index (κ3) is 3.83. The van der Waals surface area contributed by atoms with E-state index in [1.165, 1.54) is 22.7 Å². The van der Waals surface area contributed by atoms with E-state index in [0.717, 1.165) is 27.6 Å². The van der Waals surface area contributed by atoms with E-state index in [-0.39, 0.29) is 5.91 Å². The first-order valence-electron chi connectivity index (χ1n) is 7.59. The molecule has 0 aliphatic rings. The van der Waals surface area contributed by atoms with Crippen molar-refractivity contribution < 1.29 is 13.2 Å². The Kier molecular flexibility index (Phi) is 4.53. The molecule has 0 radical (unpaired) electrons. The van der Waals surface area contributed by atoms with Crippen molar-refractivity contribution in [2.24, 2.45) is 0 Å². The van der Waals surface area contributed by atoms with Crippen LogP contribution < -0.4 is 9.62 Å². The average Bonchev–Trinajstić information content (AvgIpc) is 2.98. The zero-order valence-electron chi connectivity index (χ0n) is 14.1. The van der Waals surface area contributed by atoms with Crippen molar-refractivity contribution in [2.75, 3.05) is 22.9 Å². The molecule has 3 rings (SSSR count). The summed E-state index contributed by atoms with van der Waals surface area (Å²) in [5.41, 5.74) is 2.44. The molecule has 1 N–H and O–H groups in total. The van der Waals surface area contributed by atoms with Crippen LogP contribution in [0.15, 0.2) is 48.5 Å². The highest BCUT2D eigenvalue weighted by Gasteiger charge is 2.15. The molecule has 1 amide bonds. The Morgan fingerprint density at radius 1 is 1.08 bits per heavy atom.